The van der Waals surface area contributed by atoms with Crippen molar-refractivity contribution in [1.82, 2.24) is 0 Å². The minimum atomic E-state index is -0.0257. The van der Waals surface area contributed by atoms with Gasteiger partial charge >= 0.3 is 0 Å². The molecule has 0 bridgehead atoms. The summed E-state index contributed by atoms with van der Waals surface area (Å²) in [6.07, 6.45) is 7.89. The van der Waals surface area contributed by atoms with Crippen LogP contribution in [-0.4, -0.2) is 11.9 Å². The van der Waals surface area contributed by atoms with Crippen molar-refractivity contribution >= 4 is 17.3 Å². The summed E-state index contributed by atoms with van der Waals surface area (Å²) in [5, 5.41) is 6.43. The van der Waals surface area contributed by atoms with Crippen LogP contribution in [0.2, 0.25) is 0 Å². The van der Waals surface area contributed by atoms with Crippen LogP contribution in [0, 0.1) is 5.92 Å². The van der Waals surface area contributed by atoms with E-state index >= 15 is 0 Å². The monoisotopic (exact) mass is 274 g/mol. The van der Waals surface area contributed by atoms with Crippen LogP contribution in [0.25, 0.3) is 0 Å². The lowest BCUT2D eigenvalue weighted by atomic mass is 9.83. The van der Waals surface area contributed by atoms with Gasteiger partial charge in [-0.2, -0.15) is 0 Å². The Morgan fingerprint density at radius 2 is 1.90 bits per heavy atom. The average molecular weight is 274 g/mol. The highest BCUT2D eigenvalue weighted by Gasteiger charge is 2.20. The highest BCUT2D eigenvalue weighted by molar-refractivity contribution is 5.89. The van der Waals surface area contributed by atoms with Gasteiger partial charge in [0.05, 0.1) is 0 Å². The Morgan fingerprint density at radius 1 is 1.20 bits per heavy atom. The molecule has 0 heterocycles. The highest BCUT2D eigenvalue weighted by Crippen LogP contribution is 2.29. The molecule has 3 heteroatoms. The first-order chi connectivity index (χ1) is 9.67. The van der Waals surface area contributed by atoms with Gasteiger partial charge in [-0.1, -0.05) is 25.8 Å². The van der Waals surface area contributed by atoms with E-state index in [1.54, 1.807) is 0 Å². The molecule has 0 aliphatic heterocycles. The Kier molecular flexibility index (Phi) is 5.45. The van der Waals surface area contributed by atoms with E-state index in [0.717, 1.165) is 17.3 Å². The van der Waals surface area contributed by atoms with Crippen LogP contribution >= 0.6 is 0 Å². The molecule has 2 rings (SSSR count). The number of carbonyl (C=O) groups excluding carboxylic acids is 1. The van der Waals surface area contributed by atoms with Crippen molar-refractivity contribution in [3.05, 3.63) is 24.3 Å². The summed E-state index contributed by atoms with van der Waals surface area (Å²) in [4.78, 5) is 11.1. The number of amides is 1. The van der Waals surface area contributed by atoms with Crippen molar-refractivity contribution in [2.45, 2.75) is 58.4 Å². The van der Waals surface area contributed by atoms with Crippen molar-refractivity contribution in [2.24, 2.45) is 5.92 Å². The van der Waals surface area contributed by atoms with Crippen LogP contribution in [0.15, 0.2) is 24.3 Å². The number of carbonyl (C=O) groups is 1. The van der Waals surface area contributed by atoms with E-state index in [1.807, 2.05) is 18.2 Å². The third-order valence-electron chi connectivity index (χ3n) is 4.10. The number of nitrogens with one attached hydrogen (secondary N) is 2. The number of anilines is 2. The molecular weight excluding hydrogens is 248 g/mol. The number of hydrogen-bond acceptors (Lipinski definition) is 2. The van der Waals surface area contributed by atoms with E-state index in [2.05, 4.69) is 23.6 Å². The minimum Gasteiger partial charge on any atom is -0.382 e. The predicted molar refractivity (Wildman–Crippen MR) is 85.0 cm³/mol. The van der Waals surface area contributed by atoms with Gasteiger partial charge in [0.15, 0.2) is 0 Å². The summed E-state index contributed by atoms with van der Waals surface area (Å²) in [6, 6.07) is 8.57. The first-order valence-corrected chi connectivity index (χ1v) is 7.81. The van der Waals surface area contributed by atoms with Crippen molar-refractivity contribution in [3.8, 4) is 0 Å². The summed E-state index contributed by atoms with van der Waals surface area (Å²) in [5.74, 6) is 0.908. The molecule has 1 fully saturated rings. The van der Waals surface area contributed by atoms with E-state index in [-0.39, 0.29) is 5.91 Å². The van der Waals surface area contributed by atoms with Gasteiger partial charge in [0.2, 0.25) is 5.91 Å². The summed E-state index contributed by atoms with van der Waals surface area (Å²) in [5.41, 5.74) is 1.97. The molecule has 20 heavy (non-hydrogen) atoms. The van der Waals surface area contributed by atoms with Crippen molar-refractivity contribution in [3.63, 3.8) is 0 Å². The van der Waals surface area contributed by atoms with Gasteiger partial charge in [-0.3, -0.25) is 4.79 Å². The molecule has 1 amide bonds. The maximum absolute atomic E-state index is 11.1. The molecule has 1 aliphatic rings. The SMILES string of the molecule is CCCC1CCC(Nc2cccc(NC(C)=O)c2)CC1. The normalized spacial score (nSPS) is 22.3. The van der Waals surface area contributed by atoms with Gasteiger partial charge in [0.1, 0.15) is 0 Å². The first-order valence-electron chi connectivity index (χ1n) is 7.81. The molecule has 1 aliphatic carbocycles. The van der Waals surface area contributed by atoms with Crippen molar-refractivity contribution in [2.75, 3.05) is 10.6 Å². The van der Waals surface area contributed by atoms with Gasteiger partial charge in [-0.15, -0.1) is 0 Å². The summed E-state index contributed by atoms with van der Waals surface area (Å²) in [7, 11) is 0. The fraction of sp³-hybridized carbons (Fsp3) is 0.588. The Hall–Kier alpha value is -1.51. The van der Waals surface area contributed by atoms with Crippen molar-refractivity contribution in [1.29, 1.82) is 0 Å². The van der Waals surface area contributed by atoms with Gasteiger partial charge in [-0.05, 0) is 49.8 Å². The van der Waals surface area contributed by atoms with Crippen LogP contribution < -0.4 is 10.6 Å². The molecule has 1 saturated carbocycles. The second-order valence-corrected chi connectivity index (χ2v) is 5.91. The van der Waals surface area contributed by atoms with Gasteiger partial charge in [0, 0.05) is 24.3 Å². The zero-order valence-electron chi connectivity index (χ0n) is 12.6. The quantitative estimate of drug-likeness (QED) is 0.834. The molecule has 0 saturated heterocycles. The maximum Gasteiger partial charge on any atom is 0.221 e. The fourth-order valence-electron chi connectivity index (χ4n) is 3.13. The third-order valence-corrected chi connectivity index (χ3v) is 4.10. The van der Waals surface area contributed by atoms with Gasteiger partial charge in [0.25, 0.3) is 0 Å². The van der Waals surface area contributed by atoms with E-state index in [1.165, 1.54) is 45.4 Å². The number of rotatable bonds is 5. The zero-order valence-corrected chi connectivity index (χ0v) is 12.6. The Morgan fingerprint density at radius 3 is 2.55 bits per heavy atom. The zero-order chi connectivity index (χ0) is 14.4. The number of benzene rings is 1. The topological polar surface area (TPSA) is 41.1 Å². The highest BCUT2D eigenvalue weighted by atomic mass is 16.1. The van der Waals surface area contributed by atoms with Crippen LogP contribution in [0.5, 0.6) is 0 Å². The van der Waals surface area contributed by atoms with E-state index < -0.39 is 0 Å². The maximum atomic E-state index is 11.1. The Bertz CT molecular complexity index is 436. The molecule has 3 nitrogen and oxygen atoms in total. The van der Waals surface area contributed by atoms with E-state index in [0.29, 0.717) is 6.04 Å². The minimum absolute atomic E-state index is 0.0257. The summed E-state index contributed by atoms with van der Waals surface area (Å²) >= 11 is 0. The van der Waals surface area contributed by atoms with Crippen LogP contribution in [-0.2, 0) is 4.79 Å². The molecule has 0 atom stereocenters. The second-order valence-electron chi connectivity index (χ2n) is 5.91. The lowest BCUT2D eigenvalue weighted by Crippen LogP contribution is -2.26. The average Bonchev–Trinajstić information content (AvgIpc) is 2.41. The van der Waals surface area contributed by atoms with Gasteiger partial charge in [-0.25, -0.2) is 0 Å². The molecule has 1 aromatic rings. The number of hydrogen-bond donors (Lipinski definition) is 2. The molecule has 0 unspecified atom stereocenters. The largest absolute Gasteiger partial charge is 0.382 e. The van der Waals surface area contributed by atoms with Crippen LogP contribution in [0.3, 0.4) is 0 Å². The molecule has 2 N–H and O–H groups in total. The molecule has 0 radical (unpaired) electrons. The van der Waals surface area contributed by atoms with E-state index in [4.69, 9.17) is 0 Å². The summed E-state index contributed by atoms with van der Waals surface area (Å²) in [6.45, 7) is 3.81. The van der Waals surface area contributed by atoms with E-state index in [9.17, 15) is 4.79 Å². The Labute approximate surface area is 122 Å². The van der Waals surface area contributed by atoms with Crippen molar-refractivity contribution < 1.29 is 4.79 Å². The van der Waals surface area contributed by atoms with Crippen LogP contribution in [0.1, 0.15) is 52.4 Å². The second kappa shape index (κ2) is 7.32. The van der Waals surface area contributed by atoms with Crippen LogP contribution in [0.4, 0.5) is 11.4 Å². The molecule has 1 aromatic carbocycles. The lowest BCUT2D eigenvalue weighted by molar-refractivity contribution is -0.114. The third kappa shape index (κ3) is 4.55. The first kappa shape index (κ1) is 14.9. The Balaban J connectivity index is 1.86. The standard InChI is InChI=1S/C17H26N2O/c1-3-5-14-8-10-15(11-9-14)19-17-7-4-6-16(12-17)18-13(2)20/h4,6-7,12,14-15,19H,3,5,8-11H2,1-2H3,(H,18,20). The molecule has 0 spiro atoms. The smallest absolute Gasteiger partial charge is 0.221 e. The predicted octanol–water partition coefficient (Wildman–Crippen LogP) is 4.42. The molecule has 110 valence electrons. The lowest BCUT2D eigenvalue weighted by Gasteiger charge is -2.29. The summed E-state index contributed by atoms with van der Waals surface area (Å²) < 4.78 is 0. The molecular formula is C17H26N2O. The fourth-order valence-corrected chi connectivity index (χ4v) is 3.13. The van der Waals surface area contributed by atoms with Gasteiger partial charge < -0.3 is 10.6 Å². The molecule has 0 aromatic heterocycles.